The molecule has 0 amide bonds. The molecule has 0 fully saturated rings. The van der Waals surface area contributed by atoms with Crippen LogP contribution in [-0.2, 0) is 6.42 Å². The summed E-state index contributed by atoms with van der Waals surface area (Å²) in [6.45, 7) is 6.76. The Morgan fingerprint density at radius 2 is 2.11 bits per heavy atom. The molecule has 0 atom stereocenters. The average molecular weight is 263 g/mol. The first-order valence-corrected chi connectivity index (χ1v) is 7.06. The third kappa shape index (κ3) is 6.70. The van der Waals surface area contributed by atoms with Crippen LogP contribution in [0, 0.1) is 0 Å². The number of unbranched alkanes of at least 4 members (excludes halogenated alkanes) is 1. The molecule has 0 aliphatic rings. The Balaban J connectivity index is 2.37. The average Bonchev–Trinajstić information content (AvgIpc) is 2.39. The van der Waals surface area contributed by atoms with E-state index < -0.39 is 0 Å². The summed E-state index contributed by atoms with van der Waals surface area (Å²) in [4.78, 5) is 4.50. The minimum atomic E-state index is 0.320. The van der Waals surface area contributed by atoms with E-state index in [9.17, 15) is 5.11 Å². The van der Waals surface area contributed by atoms with Crippen LogP contribution in [0.3, 0.4) is 0 Å². The minimum absolute atomic E-state index is 0.320. The zero-order valence-corrected chi connectivity index (χ0v) is 11.9. The van der Waals surface area contributed by atoms with Crippen molar-refractivity contribution in [1.82, 2.24) is 10.6 Å². The van der Waals surface area contributed by atoms with Gasteiger partial charge in [-0.1, -0.05) is 25.5 Å². The highest BCUT2D eigenvalue weighted by Crippen LogP contribution is 2.10. The fraction of sp³-hybridized carbons (Fsp3) is 0.533. The van der Waals surface area contributed by atoms with Crippen molar-refractivity contribution < 1.29 is 5.11 Å². The van der Waals surface area contributed by atoms with Crippen LogP contribution in [-0.4, -0.2) is 30.7 Å². The topological polar surface area (TPSA) is 56.7 Å². The molecular weight excluding hydrogens is 238 g/mol. The van der Waals surface area contributed by atoms with Crippen molar-refractivity contribution in [1.29, 1.82) is 0 Å². The molecule has 0 unspecified atom stereocenters. The summed E-state index contributed by atoms with van der Waals surface area (Å²) in [5.41, 5.74) is 1.12. The summed E-state index contributed by atoms with van der Waals surface area (Å²) < 4.78 is 0. The maximum absolute atomic E-state index is 9.39. The van der Waals surface area contributed by atoms with E-state index in [2.05, 4.69) is 29.5 Å². The van der Waals surface area contributed by atoms with E-state index in [1.807, 2.05) is 12.1 Å². The van der Waals surface area contributed by atoms with Crippen LogP contribution in [0.5, 0.6) is 5.75 Å². The number of nitrogens with one attached hydrogen (secondary N) is 2. The second-order valence-corrected chi connectivity index (χ2v) is 4.46. The number of hydrogen-bond acceptors (Lipinski definition) is 2. The molecule has 0 spiro atoms. The number of aliphatic imine (C=N–C) groups is 1. The number of guanidine groups is 1. The second kappa shape index (κ2) is 9.25. The fourth-order valence-electron chi connectivity index (χ4n) is 1.73. The summed E-state index contributed by atoms with van der Waals surface area (Å²) in [6.07, 6.45) is 3.14. The zero-order valence-electron chi connectivity index (χ0n) is 11.9. The molecule has 0 heterocycles. The molecule has 1 aromatic rings. The standard InChI is InChI=1S/C15H25N3O/c1-3-5-10-17-15(16-4-2)18-11-9-13-7-6-8-14(19)12-13/h6-8,12,19H,3-5,9-11H2,1-2H3,(H2,16,17,18). The number of phenols is 1. The van der Waals surface area contributed by atoms with Gasteiger partial charge >= 0.3 is 0 Å². The van der Waals surface area contributed by atoms with Crippen molar-refractivity contribution >= 4 is 5.96 Å². The molecule has 1 aromatic carbocycles. The largest absolute Gasteiger partial charge is 0.508 e. The predicted octanol–water partition coefficient (Wildman–Crippen LogP) is 2.29. The predicted molar refractivity (Wildman–Crippen MR) is 80.7 cm³/mol. The molecule has 0 aliphatic heterocycles. The van der Waals surface area contributed by atoms with Gasteiger partial charge in [0.15, 0.2) is 5.96 Å². The van der Waals surface area contributed by atoms with Gasteiger partial charge in [-0.15, -0.1) is 0 Å². The van der Waals surface area contributed by atoms with Crippen LogP contribution in [0.1, 0.15) is 32.3 Å². The Morgan fingerprint density at radius 3 is 2.79 bits per heavy atom. The zero-order chi connectivity index (χ0) is 13.9. The molecule has 0 saturated carbocycles. The molecule has 0 radical (unpaired) electrons. The molecule has 0 saturated heterocycles. The summed E-state index contributed by atoms with van der Waals surface area (Å²) in [7, 11) is 0. The third-order valence-electron chi connectivity index (χ3n) is 2.74. The van der Waals surface area contributed by atoms with Crippen LogP contribution in [0.15, 0.2) is 29.3 Å². The van der Waals surface area contributed by atoms with Crippen LogP contribution in [0.2, 0.25) is 0 Å². The van der Waals surface area contributed by atoms with Crippen molar-refractivity contribution in [2.75, 3.05) is 19.6 Å². The molecule has 0 bridgehead atoms. The quantitative estimate of drug-likeness (QED) is 0.402. The van der Waals surface area contributed by atoms with Crippen molar-refractivity contribution in [3.63, 3.8) is 0 Å². The van der Waals surface area contributed by atoms with Crippen molar-refractivity contribution in [2.24, 2.45) is 4.99 Å². The van der Waals surface area contributed by atoms with Gasteiger partial charge in [-0.25, -0.2) is 0 Å². The van der Waals surface area contributed by atoms with Crippen LogP contribution in [0.4, 0.5) is 0 Å². The van der Waals surface area contributed by atoms with E-state index in [4.69, 9.17) is 0 Å². The van der Waals surface area contributed by atoms with Gasteiger partial charge in [0.2, 0.25) is 0 Å². The molecule has 4 heteroatoms. The number of phenolic OH excluding ortho intramolecular Hbond substituents is 1. The van der Waals surface area contributed by atoms with Gasteiger partial charge in [0.25, 0.3) is 0 Å². The van der Waals surface area contributed by atoms with E-state index in [-0.39, 0.29) is 0 Å². The van der Waals surface area contributed by atoms with Crippen molar-refractivity contribution in [3.8, 4) is 5.75 Å². The highest BCUT2D eigenvalue weighted by molar-refractivity contribution is 5.79. The second-order valence-electron chi connectivity index (χ2n) is 4.46. The molecule has 0 aromatic heterocycles. The van der Waals surface area contributed by atoms with Gasteiger partial charge < -0.3 is 15.7 Å². The van der Waals surface area contributed by atoms with Crippen LogP contribution in [0.25, 0.3) is 0 Å². The number of benzene rings is 1. The molecule has 0 aliphatic carbocycles. The van der Waals surface area contributed by atoms with E-state index in [0.717, 1.165) is 50.4 Å². The van der Waals surface area contributed by atoms with Gasteiger partial charge in [-0.2, -0.15) is 0 Å². The van der Waals surface area contributed by atoms with E-state index >= 15 is 0 Å². The van der Waals surface area contributed by atoms with E-state index in [1.54, 1.807) is 12.1 Å². The summed E-state index contributed by atoms with van der Waals surface area (Å²) in [5, 5.41) is 15.9. The number of nitrogens with zero attached hydrogens (tertiary/aromatic N) is 1. The molecule has 19 heavy (non-hydrogen) atoms. The van der Waals surface area contributed by atoms with Gasteiger partial charge in [0, 0.05) is 19.6 Å². The first-order chi connectivity index (χ1) is 9.26. The maximum Gasteiger partial charge on any atom is 0.191 e. The van der Waals surface area contributed by atoms with Crippen LogP contribution >= 0.6 is 0 Å². The monoisotopic (exact) mass is 263 g/mol. The molecule has 3 N–H and O–H groups in total. The number of rotatable bonds is 7. The van der Waals surface area contributed by atoms with Gasteiger partial charge in [0.05, 0.1) is 0 Å². The Labute approximate surface area is 116 Å². The Kier molecular flexibility index (Phi) is 7.47. The lowest BCUT2D eigenvalue weighted by Crippen LogP contribution is -2.38. The molecular formula is C15H25N3O. The third-order valence-corrected chi connectivity index (χ3v) is 2.74. The molecule has 106 valence electrons. The van der Waals surface area contributed by atoms with Crippen molar-refractivity contribution in [2.45, 2.75) is 33.1 Å². The minimum Gasteiger partial charge on any atom is -0.508 e. The van der Waals surface area contributed by atoms with Crippen molar-refractivity contribution in [3.05, 3.63) is 29.8 Å². The molecule has 4 nitrogen and oxygen atoms in total. The lowest BCUT2D eigenvalue weighted by atomic mass is 10.1. The summed E-state index contributed by atoms with van der Waals surface area (Å²) in [6, 6.07) is 7.36. The lowest BCUT2D eigenvalue weighted by Gasteiger charge is -2.11. The van der Waals surface area contributed by atoms with E-state index in [1.165, 1.54) is 0 Å². The SMILES string of the molecule is CCCCN=C(NCC)NCCc1cccc(O)c1. The smallest absolute Gasteiger partial charge is 0.191 e. The highest BCUT2D eigenvalue weighted by Gasteiger charge is 1.98. The first-order valence-electron chi connectivity index (χ1n) is 7.06. The van der Waals surface area contributed by atoms with Gasteiger partial charge in [0.1, 0.15) is 5.75 Å². The maximum atomic E-state index is 9.39. The number of hydrogen-bond donors (Lipinski definition) is 3. The Morgan fingerprint density at radius 1 is 1.26 bits per heavy atom. The van der Waals surface area contributed by atoms with Gasteiger partial charge in [-0.3, -0.25) is 4.99 Å². The lowest BCUT2D eigenvalue weighted by molar-refractivity contribution is 0.474. The summed E-state index contributed by atoms with van der Waals surface area (Å²) >= 11 is 0. The highest BCUT2D eigenvalue weighted by atomic mass is 16.3. The number of aromatic hydroxyl groups is 1. The Bertz CT molecular complexity index is 391. The van der Waals surface area contributed by atoms with E-state index in [0.29, 0.717) is 5.75 Å². The van der Waals surface area contributed by atoms with Crippen LogP contribution < -0.4 is 10.6 Å². The Hall–Kier alpha value is -1.71. The summed E-state index contributed by atoms with van der Waals surface area (Å²) in [5.74, 6) is 1.19. The normalized spacial score (nSPS) is 11.4. The van der Waals surface area contributed by atoms with Gasteiger partial charge in [-0.05, 0) is 37.5 Å². The fourth-order valence-corrected chi connectivity index (χ4v) is 1.73. The molecule has 1 rings (SSSR count). The first kappa shape index (κ1) is 15.3.